The maximum absolute atomic E-state index is 12.7. The number of fused-ring (bicyclic) bond motifs is 1. The van der Waals surface area contributed by atoms with Gasteiger partial charge in [-0.2, -0.15) is 13.2 Å². The molecule has 0 aliphatic carbocycles. The number of amides is 2. The van der Waals surface area contributed by atoms with Crippen LogP contribution < -0.4 is 10.6 Å². The molecule has 0 radical (unpaired) electrons. The number of nitrogens with one attached hydrogen (secondary N) is 2. The van der Waals surface area contributed by atoms with Gasteiger partial charge in [0.1, 0.15) is 12.1 Å². The molecule has 0 fully saturated rings. The average molecular weight is 329 g/mol. The molecule has 10 heteroatoms. The van der Waals surface area contributed by atoms with Gasteiger partial charge in [-0.3, -0.25) is 5.32 Å². The van der Waals surface area contributed by atoms with E-state index in [1.807, 2.05) is 0 Å². The molecule has 124 valence electrons. The number of imidazole rings is 1. The molecule has 1 aliphatic rings. The van der Waals surface area contributed by atoms with Gasteiger partial charge in [-0.15, -0.1) is 0 Å². The topological polar surface area (TPSA) is 85.0 Å². The summed E-state index contributed by atoms with van der Waals surface area (Å²) in [7, 11) is 0. The van der Waals surface area contributed by atoms with Crippen LogP contribution in [-0.4, -0.2) is 27.3 Å². The monoisotopic (exact) mass is 329 g/mol. The second-order valence-corrected chi connectivity index (χ2v) is 5.32. The van der Waals surface area contributed by atoms with E-state index >= 15 is 0 Å². The van der Waals surface area contributed by atoms with Crippen LogP contribution in [0, 0.1) is 5.92 Å². The molecule has 3 rings (SSSR count). The summed E-state index contributed by atoms with van der Waals surface area (Å²) in [4.78, 5) is 15.3. The lowest BCUT2D eigenvalue weighted by Gasteiger charge is -2.23. The molecule has 0 aromatic carbocycles. The lowest BCUT2D eigenvalue weighted by molar-refractivity contribution is -0.141. The maximum Gasteiger partial charge on any atom is 0.434 e. The Morgan fingerprint density at radius 3 is 3.00 bits per heavy atom. The molecule has 0 spiro atoms. The number of carbonyl (C=O) groups is 1. The average Bonchev–Trinajstić information content (AvgIpc) is 3.12. The Kier molecular flexibility index (Phi) is 3.97. The Morgan fingerprint density at radius 2 is 2.30 bits per heavy atom. The van der Waals surface area contributed by atoms with E-state index in [2.05, 4.69) is 25.3 Å². The van der Waals surface area contributed by atoms with E-state index in [0.717, 1.165) is 6.20 Å². The van der Waals surface area contributed by atoms with Crippen molar-refractivity contribution >= 4 is 11.8 Å². The smallest absolute Gasteiger partial charge is 0.363 e. The molecule has 2 amide bonds. The Morgan fingerprint density at radius 1 is 1.48 bits per heavy atom. The fourth-order valence-corrected chi connectivity index (χ4v) is 2.49. The Hall–Kier alpha value is -2.52. The quantitative estimate of drug-likeness (QED) is 0.905. The molecule has 3 heterocycles. The summed E-state index contributed by atoms with van der Waals surface area (Å²) in [5.41, 5.74) is -0.870. The van der Waals surface area contributed by atoms with Crippen molar-refractivity contribution in [2.24, 2.45) is 5.92 Å². The minimum atomic E-state index is -4.43. The summed E-state index contributed by atoms with van der Waals surface area (Å²) in [5, 5.41) is 8.69. The van der Waals surface area contributed by atoms with Crippen molar-refractivity contribution in [1.82, 2.24) is 20.0 Å². The highest BCUT2D eigenvalue weighted by Gasteiger charge is 2.35. The lowest BCUT2D eigenvalue weighted by Crippen LogP contribution is -2.36. The van der Waals surface area contributed by atoms with Gasteiger partial charge in [-0.25, -0.2) is 9.78 Å². The number of carbonyl (C=O) groups excluding carboxylic acids is 1. The molecule has 0 unspecified atom stereocenters. The third-order valence-electron chi connectivity index (χ3n) is 3.61. The van der Waals surface area contributed by atoms with Gasteiger partial charge in [-0.1, -0.05) is 5.16 Å². The number of urea groups is 1. The van der Waals surface area contributed by atoms with Gasteiger partial charge in [0.2, 0.25) is 0 Å². The minimum absolute atomic E-state index is 0.0424. The number of hydrogen-bond acceptors (Lipinski definition) is 4. The third kappa shape index (κ3) is 3.63. The number of aromatic nitrogens is 3. The van der Waals surface area contributed by atoms with Crippen molar-refractivity contribution in [2.75, 3.05) is 11.9 Å². The van der Waals surface area contributed by atoms with Crippen molar-refractivity contribution in [2.45, 2.75) is 25.6 Å². The SMILES string of the molecule is O=C(NC[C@@H]1CCc2nc(C(F)(F)F)cn2C1)Nc1ccon1. The van der Waals surface area contributed by atoms with Gasteiger partial charge in [0, 0.05) is 31.8 Å². The maximum atomic E-state index is 12.7. The summed E-state index contributed by atoms with van der Waals surface area (Å²) < 4.78 is 44.0. The number of nitrogens with zero attached hydrogens (tertiary/aromatic N) is 3. The van der Waals surface area contributed by atoms with Crippen LogP contribution in [0.1, 0.15) is 17.9 Å². The molecule has 1 aliphatic heterocycles. The van der Waals surface area contributed by atoms with Gasteiger partial charge < -0.3 is 14.4 Å². The predicted octanol–water partition coefficient (Wildman–Crippen LogP) is 2.27. The van der Waals surface area contributed by atoms with Crippen LogP contribution in [0.3, 0.4) is 0 Å². The first-order valence-corrected chi connectivity index (χ1v) is 7.00. The summed E-state index contributed by atoms with van der Waals surface area (Å²) in [6.07, 6.45) is -0.964. The molecule has 0 bridgehead atoms. The van der Waals surface area contributed by atoms with Crippen molar-refractivity contribution in [3.8, 4) is 0 Å². The van der Waals surface area contributed by atoms with E-state index in [1.54, 1.807) is 0 Å². The molecule has 2 aromatic heterocycles. The molecular formula is C13H14F3N5O2. The van der Waals surface area contributed by atoms with Crippen LogP contribution in [0.15, 0.2) is 23.0 Å². The van der Waals surface area contributed by atoms with Gasteiger partial charge in [0.15, 0.2) is 11.5 Å². The second kappa shape index (κ2) is 5.94. The normalized spacial score (nSPS) is 17.6. The van der Waals surface area contributed by atoms with E-state index < -0.39 is 17.9 Å². The molecule has 2 aromatic rings. The minimum Gasteiger partial charge on any atom is -0.363 e. The lowest BCUT2D eigenvalue weighted by atomic mass is 9.99. The van der Waals surface area contributed by atoms with Gasteiger partial charge in [-0.05, 0) is 12.3 Å². The largest absolute Gasteiger partial charge is 0.434 e. The zero-order valence-electron chi connectivity index (χ0n) is 11.9. The van der Waals surface area contributed by atoms with E-state index in [0.29, 0.717) is 31.8 Å². The zero-order valence-corrected chi connectivity index (χ0v) is 11.9. The highest BCUT2D eigenvalue weighted by Crippen LogP contribution is 2.30. The predicted molar refractivity (Wildman–Crippen MR) is 72.6 cm³/mol. The van der Waals surface area contributed by atoms with Crippen LogP contribution in [0.25, 0.3) is 0 Å². The number of rotatable bonds is 3. The van der Waals surface area contributed by atoms with Gasteiger partial charge in [0.05, 0.1) is 0 Å². The fourth-order valence-electron chi connectivity index (χ4n) is 2.49. The Bertz CT molecular complexity index is 680. The third-order valence-corrected chi connectivity index (χ3v) is 3.61. The fraction of sp³-hybridized carbons (Fsp3) is 0.462. The Labute approximate surface area is 128 Å². The van der Waals surface area contributed by atoms with E-state index in [9.17, 15) is 18.0 Å². The number of alkyl halides is 3. The molecular weight excluding hydrogens is 315 g/mol. The van der Waals surface area contributed by atoms with Crippen LogP contribution in [-0.2, 0) is 19.1 Å². The zero-order chi connectivity index (χ0) is 16.4. The summed E-state index contributed by atoms with van der Waals surface area (Å²) in [6, 6.07) is 1.06. The molecule has 0 saturated carbocycles. The van der Waals surface area contributed by atoms with Crippen molar-refractivity contribution in [3.05, 3.63) is 30.0 Å². The van der Waals surface area contributed by atoms with Crippen LogP contribution in [0.5, 0.6) is 0 Å². The first-order chi connectivity index (χ1) is 10.9. The number of halogens is 3. The first-order valence-electron chi connectivity index (χ1n) is 7.00. The summed E-state index contributed by atoms with van der Waals surface area (Å²) in [5.74, 6) is 0.763. The van der Waals surface area contributed by atoms with Crippen molar-refractivity contribution < 1.29 is 22.5 Å². The van der Waals surface area contributed by atoms with Crippen LogP contribution in [0.4, 0.5) is 23.8 Å². The molecule has 1 atom stereocenters. The first kappa shape index (κ1) is 15.4. The highest BCUT2D eigenvalue weighted by atomic mass is 19.4. The summed E-state index contributed by atoms with van der Waals surface area (Å²) >= 11 is 0. The molecule has 0 saturated heterocycles. The highest BCUT2D eigenvalue weighted by molar-refractivity contribution is 5.87. The molecule has 23 heavy (non-hydrogen) atoms. The summed E-state index contributed by atoms with van der Waals surface area (Å²) in [6.45, 7) is 0.741. The van der Waals surface area contributed by atoms with Crippen molar-refractivity contribution in [3.63, 3.8) is 0 Å². The van der Waals surface area contributed by atoms with Gasteiger partial charge in [0.25, 0.3) is 0 Å². The van der Waals surface area contributed by atoms with Crippen molar-refractivity contribution in [1.29, 1.82) is 0 Å². The molecule has 7 nitrogen and oxygen atoms in total. The van der Waals surface area contributed by atoms with Crippen LogP contribution in [0.2, 0.25) is 0 Å². The standard InChI is InChI=1S/C13H14F3N5O2/c14-13(15,16)9-7-21-6-8(1-2-11(21)18-9)5-17-12(22)19-10-3-4-23-20-10/h3-4,7-8H,1-2,5-6H2,(H2,17,19,20,22)/t8-/m0/s1. The molecule has 2 N–H and O–H groups in total. The number of aryl methyl sites for hydroxylation is 1. The van der Waals surface area contributed by atoms with E-state index in [-0.39, 0.29) is 11.7 Å². The number of anilines is 1. The Balaban J connectivity index is 1.53. The second-order valence-electron chi connectivity index (χ2n) is 5.32. The van der Waals surface area contributed by atoms with Gasteiger partial charge >= 0.3 is 12.2 Å². The van der Waals surface area contributed by atoms with E-state index in [1.165, 1.54) is 16.9 Å². The van der Waals surface area contributed by atoms with Crippen LogP contribution >= 0.6 is 0 Å². The van der Waals surface area contributed by atoms with E-state index in [4.69, 9.17) is 0 Å². The number of hydrogen-bond donors (Lipinski definition) is 2.